The van der Waals surface area contributed by atoms with Gasteiger partial charge in [0.25, 0.3) is 0 Å². The van der Waals surface area contributed by atoms with E-state index in [-0.39, 0.29) is 0 Å². The number of benzene rings is 1. The summed E-state index contributed by atoms with van der Waals surface area (Å²) in [5.41, 5.74) is 7.64. The fourth-order valence-corrected chi connectivity index (χ4v) is 1.78. The van der Waals surface area contributed by atoms with E-state index in [1.54, 1.807) is 7.11 Å². The maximum Gasteiger partial charge on any atom is 0.121 e. The lowest BCUT2D eigenvalue weighted by Crippen LogP contribution is -2.27. The second-order valence-electron chi connectivity index (χ2n) is 5.16. The number of nitrogens with zero attached hydrogens (tertiary/aromatic N) is 1. The van der Waals surface area contributed by atoms with Gasteiger partial charge in [0.1, 0.15) is 5.75 Å². The quantitative estimate of drug-likeness (QED) is 0.560. The summed E-state index contributed by atoms with van der Waals surface area (Å²) in [5.74, 6) is 0.830. The summed E-state index contributed by atoms with van der Waals surface area (Å²) in [4.78, 5) is 2.36. The second-order valence-corrected chi connectivity index (χ2v) is 5.16. The van der Waals surface area contributed by atoms with Gasteiger partial charge in [-0.2, -0.15) is 0 Å². The lowest BCUT2D eigenvalue weighted by Gasteiger charge is -2.20. The van der Waals surface area contributed by atoms with Crippen molar-refractivity contribution in [2.24, 2.45) is 0 Å². The third-order valence-electron chi connectivity index (χ3n) is 3.40. The van der Waals surface area contributed by atoms with Crippen molar-refractivity contribution < 1.29 is 4.74 Å². The molecule has 0 fully saturated rings. The highest BCUT2D eigenvalue weighted by Crippen LogP contribution is 2.24. The monoisotopic (exact) mass is 265 g/mol. The minimum Gasteiger partial charge on any atom is -0.497 e. The Labute approximate surface area is 116 Å². The van der Waals surface area contributed by atoms with Gasteiger partial charge in [-0.25, -0.2) is 0 Å². The zero-order chi connectivity index (χ0) is 14.3. The van der Waals surface area contributed by atoms with Crippen LogP contribution in [-0.4, -0.2) is 38.2 Å². The fourth-order valence-electron chi connectivity index (χ4n) is 1.78. The second kappa shape index (κ2) is 7.89. The summed E-state index contributed by atoms with van der Waals surface area (Å²) in [7, 11) is 3.83. The van der Waals surface area contributed by atoms with Gasteiger partial charge >= 0.3 is 0 Å². The van der Waals surface area contributed by atoms with Gasteiger partial charge < -0.3 is 20.7 Å². The van der Waals surface area contributed by atoms with E-state index in [0.717, 1.165) is 36.6 Å². The Hall–Kier alpha value is -1.42. The number of anilines is 2. The molecule has 3 N–H and O–H groups in total. The van der Waals surface area contributed by atoms with E-state index in [4.69, 9.17) is 10.5 Å². The minimum absolute atomic E-state index is 0.613. The standard InChI is InChI=1S/C15H27N3O/c1-12(2)18(3)10-6-5-9-17-15-11-13(19-4)7-8-14(15)16/h7-8,11-12,17H,5-6,9-10,16H2,1-4H3. The van der Waals surface area contributed by atoms with Crippen molar-refractivity contribution in [3.8, 4) is 5.75 Å². The Morgan fingerprint density at radius 2 is 2.05 bits per heavy atom. The number of nitrogens with one attached hydrogen (secondary N) is 1. The molecule has 0 aliphatic carbocycles. The van der Waals surface area contributed by atoms with Crippen LogP contribution in [0.5, 0.6) is 5.75 Å². The molecule has 0 aliphatic heterocycles. The molecule has 4 nitrogen and oxygen atoms in total. The largest absolute Gasteiger partial charge is 0.497 e. The third kappa shape index (κ3) is 5.39. The number of unbranched alkanes of at least 4 members (excludes halogenated alkanes) is 1. The maximum absolute atomic E-state index is 5.92. The molecule has 0 aromatic heterocycles. The van der Waals surface area contributed by atoms with Crippen LogP contribution in [0.3, 0.4) is 0 Å². The molecule has 0 saturated heterocycles. The number of hydrogen-bond acceptors (Lipinski definition) is 4. The van der Waals surface area contributed by atoms with E-state index in [9.17, 15) is 0 Å². The Morgan fingerprint density at radius 1 is 1.32 bits per heavy atom. The smallest absolute Gasteiger partial charge is 0.121 e. The van der Waals surface area contributed by atoms with Gasteiger partial charge in [-0.15, -0.1) is 0 Å². The first kappa shape index (κ1) is 15.6. The molecular weight excluding hydrogens is 238 g/mol. The number of rotatable bonds is 8. The normalized spacial score (nSPS) is 11.1. The van der Waals surface area contributed by atoms with Crippen molar-refractivity contribution in [3.05, 3.63) is 18.2 Å². The van der Waals surface area contributed by atoms with Crippen LogP contribution in [0.1, 0.15) is 26.7 Å². The Bertz CT molecular complexity index is 380. The molecule has 0 radical (unpaired) electrons. The molecule has 0 saturated carbocycles. The SMILES string of the molecule is COc1ccc(N)c(NCCCCN(C)C(C)C)c1. The molecule has 108 valence electrons. The van der Waals surface area contributed by atoms with Crippen LogP contribution in [0, 0.1) is 0 Å². The Kier molecular flexibility index (Phi) is 6.50. The number of hydrogen-bond donors (Lipinski definition) is 2. The highest BCUT2D eigenvalue weighted by molar-refractivity contribution is 5.68. The van der Waals surface area contributed by atoms with Gasteiger partial charge in [-0.05, 0) is 52.4 Å². The van der Waals surface area contributed by atoms with Crippen molar-refractivity contribution >= 4 is 11.4 Å². The van der Waals surface area contributed by atoms with Gasteiger partial charge in [-0.3, -0.25) is 0 Å². The highest BCUT2D eigenvalue weighted by atomic mass is 16.5. The highest BCUT2D eigenvalue weighted by Gasteiger charge is 2.03. The molecule has 1 aromatic carbocycles. The van der Waals surface area contributed by atoms with Crippen LogP contribution in [0.2, 0.25) is 0 Å². The number of nitrogen functional groups attached to an aromatic ring is 1. The molecule has 0 unspecified atom stereocenters. The van der Waals surface area contributed by atoms with Gasteiger partial charge in [0.15, 0.2) is 0 Å². The minimum atomic E-state index is 0.613. The third-order valence-corrected chi connectivity index (χ3v) is 3.40. The molecule has 0 spiro atoms. The molecular formula is C15H27N3O. The first-order valence-corrected chi connectivity index (χ1v) is 6.92. The molecule has 0 heterocycles. The van der Waals surface area contributed by atoms with E-state index < -0.39 is 0 Å². The Balaban J connectivity index is 2.29. The topological polar surface area (TPSA) is 50.5 Å². The molecule has 0 aliphatic rings. The summed E-state index contributed by atoms with van der Waals surface area (Å²) in [6.07, 6.45) is 2.32. The predicted octanol–water partition coefficient (Wildman–Crippen LogP) is 2.81. The van der Waals surface area contributed by atoms with E-state index in [1.807, 2.05) is 18.2 Å². The van der Waals surface area contributed by atoms with Crippen LogP contribution in [0.4, 0.5) is 11.4 Å². The van der Waals surface area contributed by atoms with Gasteiger partial charge in [-0.1, -0.05) is 0 Å². The number of methoxy groups -OCH3 is 1. The molecule has 19 heavy (non-hydrogen) atoms. The molecule has 1 aromatic rings. The lowest BCUT2D eigenvalue weighted by atomic mass is 10.2. The first-order chi connectivity index (χ1) is 9.04. The van der Waals surface area contributed by atoms with Gasteiger partial charge in [0.05, 0.1) is 18.5 Å². The zero-order valence-corrected chi connectivity index (χ0v) is 12.6. The average molecular weight is 265 g/mol. The van der Waals surface area contributed by atoms with Crippen LogP contribution < -0.4 is 15.8 Å². The van der Waals surface area contributed by atoms with E-state index in [0.29, 0.717) is 6.04 Å². The lowest BCUT2D eigenvalue weighted by molar-refractivity contribution is 0.269. The van der Waals surface area contributed by atoms with Crippen molar-refractivity contribution in [3.63, 3.8) is 0 Å². The van der Waals surface area contributed by atoms with E-state index in [2.05, 4.69) is 31.1 Å². The van der Waals surface area contributed by atoms with Crippen LogP contribution in [0.25, 0.3) is 0 Å². The van der Waals surface area contributed by atoms with E-state index in [1.165, 1.54) is 6.42 Å². The summed E-state index contributed by atoms with van der Waals surface area (Å²) in [6.45, 7) is 6.50. The predicted molar refractivity (Wildman–Crippen MR) is 82.9 cm³/mol. The van der Waals surface area contributed by atoms with Crippen molar-refractivity contribution in [1.82, 2.24) is 4.90 Å². The first-order valence-electron chi connectivity index (χ1n) is 6.92. The number of ether oxygens (including phenoxy) is 1. The van der Waals surface area contributed by atoms with Crippen LogP contribution in [0.15, 0.2) is 18.2 Å². The summed E-state index contributed by atoms with van der Waals surface area (Å²) >= 11 is 0. The van der Waals surface area contributed by atoms with Crippen LogP contribution in [-0.2, 0) is 0 Å². The summed E-state index contributed by atoms with van der Waals surface area (Å²) in [5, 5.41) is 3.37. The molecule has 0 amide bonds. The number of nitrogens with two attached hydrogens (primary N) is 1. The van der Waals surface area contributed by atoms with Gasteiger partial charge in [0.2, 0.25) is 0 Å². The van der Waals surface area contributed by atoms with Crippen molar-refractivity contribution in [1.29, 1.82) is 0 Å². The molecule has 0 bridgehead atoms. The van der Waals surface area contributed by atoms with Crippen LogP contribution >= 0.6 is 0 Å². The maximum atomic E-state index is 5.92. The summed E-state index contributed by atoms with van der Waals surface area (Å²) < 4.78 is 5.19. The van der Waals surface area contributed by atoms with Crippen molar-refractivity contribution in [2.45, 2.75) is 32.7 Å². The van der Waals surface area contributed by atoms with Gasteiger partial charge in [0, 0.05) is 18.7 Å². The summed E-state index contributed by atoms with van der Waals surface area (Å²) in [6, 6.07) is 6.29. The molecule has 4 heteroatoms. The zero-order valence-electron chi connectivity index (χ0n) is 12.6. The fraction of sp³-hybridized carbons (Fsp3) is 0.600. The average Bonchev–Trinajstić information content (AvgIpc) is 2.39. The molecule has 1 rings (SSSR count). The Morgan fingerprint density at radius 3 is 2.68 bits per heavy atom. The molecule has 0 atom stereocenters. The van der Waals surface area contributed by atoms with E-state index >= 15 is 0 Å². The van der Waals surface area contributed by atoms with Crippen molar-refractivity contribution in [2.75, 3.05) is 38.3 Å².